The molecule has 1 amide bonds. The van der Waals surface area contributed by atoms with Gasteiger partial charge in [0, 0.05) is 24.3 Å². The average Bonchev–Trinajstić information content (AvgIpc) is 2.95. The highest BCUT2D eigenvalue weighted by molar-refractivity contribution is 7.89. The second-order valence-corrected chi connectivity index (χ2v) is 14.4. The summed E-state index contributed by atoms with van der Waals surface area (Å²) < 4.78 is 28.4. The van der Waals surface area contributed by atoms with Gasteiger partial charge in [-0.3, -0.25) is 9.59 Å². The number of carbonyl (C=O) groups is 2. The number of rotatable bonds is 11. The number of anilines is 1. The summed E-state index contributed by atoms with van der Waals surface area (Å²) >= 11 is 0. The van der Waals surface area contributed by atoms with Crippen molar-refractivity contribution in [3.8, 4) is 0 Å². The van der Waals surface area contributed by atoms with Crippen LogP contribution in [0.5, 0.6) is 0 Å². The normalized spacial score (nSPS) is 27.1. The van der Waals surface area contributed by atoms with Gasteiger partial charge in [0.25, 0.3) is 5.91 Å². The first-order valence-corrected chi connectivity index (χ1v) is 16.7. The van der Waals surface area contributed by atoms with E-state index in [1.54, 1.807) is 12.1 Å². The molecule has 5 aliphatic rings. The Morgan fingerprint density at radius 3 is 2.37 bits per heavy atom. The molecule has 0 spiro atoms. The van der Waals surface area contributed by atoms with Gasteiger partial charge in [-0.05, 0) is 117 Å². The fraction of sp³-hybridized carbons (Fsp3) is 0.581. The van der Waals surface area contributed by atoms with Gasteiger partial charge < -0.3 is 15.7 Å². The number of sulfonamides is 1. The van der Waals surface area contributed by atoms with Gasteiger partial charge in [-0.1, -0.05) is 18.2 Å². The van der Waals surface area contributed by atoms with Crippen molar-refractivity contribution in [2.24, 2.45) is 29.6 Å². The summed E-state index contributed by atoms with van der Waals surface area (Å²) in [7, 11) is -3.81. The molecule has 2 heterocycles. The molecule has 9 nitrogen and oxygen atoms in total. The summed E-state index contributed by atoms with van der Waals surface area (Å²) in [5.41, 5.74) is 3.74. The van der Waals surface area contributed by atoms with Gasteiger partial charge in [-0.2, -0.15) is 4.72 Å². The first-order chi connectivity index (χ1) is 19.7. The van der Waals surface area contributed by atoms with Crippen LogP contribution in [0.3, 0.4) is 0 Å². The largest absolute Gasteiger partial charge is 0.480 e. The number of fused-ring (bicyclic) bond motifs is 1. The molecule has 1 atom stereocenters. The third-order valence-electron chi connectivity index (χ3n) is 9.76. The summed E-state index contributed by atoms with van der Waals surface area (Å²) in [5, 5.41) is 15.7. The Hall–Kier alpha value is -2.98. The summed E-state index contributed by atoms with van der Waals surface area (Å²) in [6, 6.07) is 9.98. The topological polar surface area (TPSA) is 137 Å². The third-order valence-corrected chi connectivity index (χ3v) is 11.2. The number of carbonyl (C=O) groups excluding carboxylic acids is 1. The molecular formula is C31H40N4O5S. The number of nitrogens with zero attached hydrogens (tertiary/aromatic N) is 1. The molecular weight excluding hydrogens is 540 g/mol. The van der Waals surface area contributed by atoms with Crippen LogP contribution in [0.25, 0.3) is 0 Å². The van der Waals surface area contributed by atoms with E-state index in [0.29, 0.717) is 17.4 Å². The van der Waals surface area contributed by atoms with Gasteiger partial charge in [-0.15, -0.1) is 0 Å². The van der Waals surface area contributed by atoms with E-state index < -0.39 is 27.9 Å². The number of amides is 1. The highest BCUT2D eigenvalue weighted by Gasteiger charge is 2.49. The number of hydrogen-bond donors (Lipinski definition) is 4. The van der Waals surface area contributed by atoms with Crippen molar-refractivity contribution in [1.29, 1.82) is 0 Å². The monoisotopic (exact) mass is 580 g/mol. The second-order valence-electron chi connectivity index (χ2n) is 12.6. The Morgan fingerprint density at radius 2 is 1.68 bits per heavy atom. The van der Waals surface area contributed by atoms with Crippen molar-refractivity contribution in [3.05, 3.63) is 58.8 Å². The summed E-state index contributed by atoms with van der Waals surface area (Å²) in [4.78, 5) is 29.4. The minimum Gasteiger partial charge on any atom is -0.480 e. The minimum atomic E-state index is -3.81. The van der Waals surface area contributed by atoms with E-state index in [1.807, 2.05) is 12.1 Å². The maximum absolute atomic E-state index is 13.0. The molecule has 7 rings (SSSR count). The molecule has 10 heteroatoms. The van der Waals surface area contributed by atoms with Crippen LogP contribution in [0.15, 0.2) is 36.4 Å². The third kappa shape index (κ3) is 6.59. The van der Waals surface area contributed by atoms with Crippen molar-refractivity contribution < 1.29 is 23.1 Å². The number of pyridine rings is 1. The van der Waals surface area contributed by atoms with Crippen molar-refractivity contribution in [2.45, 2.75) is 63.8 Å². The van der Waals surface area contributed by atoms with Crippen LogP contribution in [-0.2, 0) is 34.1 Å². The maximum Gasteiger partial charge on any atom is 0.323 e. The number of aryl methyl sites for hydroxylation is 3. The minimum absolute atomic E-state index is 0.0293. The molecule has 0 radical (unpaired) electrons. The Balaban J connectivity index is 0.995. The number of hydrogen-bond acceptors (Lipinski definition) is 6. The van der Waals surface area contributed by atoms with E-state index in [0.717, 1.165) is 86.8 Å². The van der Waals surface area contributed by atoms with E-state index in [2.05, 4.69) is 27.5 Å². The van der Waals surface area contributed by atoms with Crippen molar-refractivity contribution in [2.75, 3.05) is 24.2 Å². The summed E-state index contributed by atoms with van der Waals surface area (Å²) in [5.74, 6) is 1.65. The molecule has 0 unspecified atom stereocenters. The molecule has 4 aliphatic carbocycles. The quantitative estimate of drug-likeness (QED) is 0.320. The molecule has 1 aromatic carbocycles. The van der Waals surface area contributed by atoms with Crippen LogP contribution in [0.4, 0.5) is 5.82 Å². The average molecular weight is 581 g/mol. The van der Waals surface area contributed by atoms with Gasteiger partial charge in [0.05, 0.1) is 5.75 Å². The standard InChI is InChI=1S/C31H40N4O5S/c36-30(23-6-3-19(4-7-23)5-9-26-10-8-22-2-1-11-32-29(22)34-26)33-17-28(31(37)38)35-41(39,40)18-27-24-13-20-12-21(15-24)16-25(27)14-20/h3-4,6-8,10,20-21,24-25,27-28,35H,1-2,5,9,11-18H2,(H,32,34)(H,33,36)(H,37,38)/t20?,21?,24?,25?,27?,28-/m1/s1. The molecule has 0 saturated heterocycles. The lowest BCUT2D eigenvalue weighted by atomic mass is 9.52. The lowest BCUT2D eigenvalue weighted by molar-refractivity contribution is -0.138. The molecule has 2 aromatic rings. The van der Waals surface area contributed by atoms with Gasteiger partial charge in [0.15, 0.2) is 0 Å². The number of aromatic nitrogens is 1. The van der Waals surface area contributed by atoms with E-state index in [4.69, 9.17) is 4.98 Å². The van der Waals surface area contributed by atoms with Crippen LogP contribution >= 0.6 is 0 Å². The highest BCUT2D eigenvalue weighted by Crippen LogP contribution is 2.56. The van der Waals surface area contributed by atoms with Crippen LogP contribution in [-0.4, -0.2) is 55.3 Å². The lowest BCUT2D eigenvalue weighted by Gasteiger charge is -2.54. The molecule has 1 aromatic heterocycles. The summed E-state index contributed by atoms with van der Waals surface area (Å²) in [6.07, 6.45) is 9.45. The van der Waals surface area contributed by atoms with Gasteiger partial charge >= 0.3 is 5.97 Å². The predicted molar refractivity (Wildman–Crippen MR) is 156 cm³/mol. The fourth-order valence-electron chi connectivity index (χ4n) is 7.91. The molecule has 41 heavy (non-hydrogen) atoms. The molecule has 1 aliphatic heterocycles. The van der Waals surface area contributed by atoms with E-state index in [9.17, 15) is 23.1 Å². The number of aliphatic carboxylic acids is 1. The zero-order chi connectivity index (χ0) is 28.6. The SMILES string of the molecule is O=C(NC[C@@H](NS(=O)(=O)CC1C2CC3CC(C2)CC1C3)C(=O)O)c1ccc(CCc2ccc3c(n2)NCCC3)cc1. The van der Waals surface area contributed by atoms with Gasteiger partial charge in [0.1, 0.15) is 11.9 Å². The Bertz CT molecular complexity index is 1370. The molecule has 4 N–H and O–H groups in total. The molecule has 4 bridgehead atoms. The van der Waals surface area contributed by atoms with Crippen LogP contribution < -0.4 is 15.4 Å². The fourth-order valence-corrected chi connectivity index (χ4v) is 9.67. The molecule has 4 saturated carbocycles. The van der Waals surface area contributed by atoms with E-state index >= 15 is 0 Å². The number of benzene rings is 1. The van der Waals surface area contributed by atoms with Crippen molar-refractivity contribution >= 4 is 27.7 Å². The second kappa shape index (κ2) is 11.7. The Labute approximate surface area is 242 Å². The lowest BCUT2D eigenvalue weighted by Crippen LogP contribution is -2.52. The zero-order valence-corrected chi connectivity index (χ0v) is 24.2. The van der Waals surface area contributed by atoms with Crippen LogP contribution in [0.1, 0.15) is 65.7 Å². The number of carboxylic acid groups (broad SMARTS) is 1. The highest BCUT2D eigenvalue weighted by atomic mass is 32.2. The Morgan fingerprint density at radius 1 is 0.976 bits per heavy atom. The Kier molecular flexibility index (Phi) is 8.05. The van der Waals surface area contributed by atoms with Gasteiger partial charge in [-0.25, -0.2) is 13.4 Å². The van der Waals surface area contributed by atoms with E-state index in [1.165, 1.54) is 12.0 Å². The smallest absolute Gasteiger partial charge is 0.323 e. The number of nitrogens with one attached hydrogen (secondary N) is 3. The van der Waals surface area contributed by atoms with Gasteiger partial charge in [0.2, 0.25) is 10.0 Å². The van der Waals surface area contributed by atoms with Crippen LogP contribution in [0.2, 0.25) is 0 Å². The van der Waals surface area contributed by atoms with Crippen LogP contribution in [0, 0.1) is 29.6 Å². The zero-order valence-electron chi connectivity index (χ0n) is 23.3. The first-order valence-electron chi connectivity index (χ1n) is 15.0. The molecule has 220 valence electrons. The summed E-state index contributed by atoms with van der Waals surface area (Å²) in [6.45, 7) is 0.628. The first kappa shape index (κ1) is 28.2. The predicted octanol–water partition coefficient (Wildman–Crippen LogP) is 3.40. The van der Waals surface area contributed by atoms with Crippen molar-refractivity contribution in [1.82, 2.24) is 15.0 Å². The maximum atomic E-state index is 13.0. The van der Waals surface area contributed by atoms with E-state index in [-0.39, 0.29) is 18.2 Å². The number of carboxylic acids is 1. The van der Waals surface area contributed by atoms with Crippen molar-refractivity contribution in [3.63, 3.8) is 0 Å². The molecule has 4 fully saturated rings.